The summed E-state index contributed by atoms with van der Waals surface area (Å²) in [7, 11) is 2.14. The molecule has 0 bridgehead atoms. The highest BCUT2D eigenvalue weighted by Crippen LogP contribution is 2.32. The summed E-state index contributed by atoms with van der Waals surface area (Å²) in [6.07, 6.45) is 4.22. The van der Waals surface area contributed by atoms with Crippen LogP contribution in [0.2, 0.25) is 0 Å². The van der Waals surface area contributed by atoms with Crippen LogP contribution >= 0.6 is 24.0 Å². The number of likely N-dealkylation sites (N-methyl/N-ethyl adjacent to an activating group) is 1. The molecular formula is C21H26N3O2S2+. The summed E-state index contributed by atoms with van der Waals surface area (Å²) >= 11 is 6.69. The fraction of sp³-hybridized carbons (Fsp3) is 0.381. The molecule has 0 aliphatic carbocycles. The number of quaternary nitrogens is 1. The number of nitrogens with one attached hydrogen (secondary N) is 1. The first-order valence-corrected chi connectivity index (χ1v) is 10.7. The van der Waals surface area contributed by atoms with Crippen molar-refractivity contribution in [2.45, 2.75) is 13.3 Å². The number of nitrogens with zero attached hydrogens (tertiary/aromatic N) is 2. The van der Waals surface area contributed by atoms with Crippen LogP contribution in [0.4, 0.5) is 0 Å². The number of allylic oxidation sites excluding steroid dienone is 2. The minimum atomic E-state index is -0.105. The Labute approximate surface area is 176 Å². The second-order valence-electron chi connectivity index (χ2n) is 7.22. The van der Waals surface area contributed by atoms with Gasteiger partial charge in [-0.05, 0) is 24.1 Å². The zero-order chi connectivity index (χ0) is 20.1. The van der Waals surface area contributed by atoms with E-state index in [9.17, 15) is 9.59 Å². The monoisotopic (exact) mass is 416 g/mol. The highest BCUT2D eigenvalue weighted by Gasteiger charge is 2.32. The number of benzene rings is 1. The van der Waals surface area contributed by atoms with Gasteiger partial charge in [0.05, 0.1) is 38.1 Å². The maximum absolute atomic E-state index is 12.7. The molecule has 1 aromatic carbocycles. The average molecular weight is 417 g/mol. The number of carbonyl (C=O) groups excluding carboxylic acids is 2. The van der Waals surface area contributed by atoms with Crippen molar-refractivity contribution in [3.05, 3.63) is 52.4 Å². The van der Waals surface area contributed by atoms with Crippen LogP contribution in [0, 0.1) is 0 Å². The Hall–Kier alpha value is -1.96. The summed E-state index contributed by atoms with van der Waals surface area (Å²) in [5, 5.41) is 0. The van der Waals surface area contributed by atoms with Gasteiger partial charge in [-0.25, -0.2) is 0 Å². The molecule has 148 valence electrons. The second kappa shape index (κ2) is 9.49. The topological polar surface area (TPSA) is 45.1 Å². The van der Waals surface area contributed by atoms with Crippen molar-refractivity contribution in [3.8, 4) is 0 Å². The lowest BCUT2D eigenvalue weighted by Gasteiger charge is -2.30. The lowest BCUT2D eigenvalue weighted by Crippen LogP contribution is -3.12. The molecule has 0 unspecified atom stereocenters. The molecule has 0 atom stereocenters. The first-order chi connectivity index (χ1) is 13.4. The largest absolute Gasteiger partial charge is 0.334 e. The molecule has 28 heavy (non-hydrogen) atoms. The molecule has 2 amide bonds. The predicted octanol–water partition coefficient (Wildman–Crippen LogP) is 1.58. The van der Waals surface area contributed by atoms with Crippen LogP contribution in [0.3, 0.4) is 0 Å². The first-order valence-electron chi connectivity index (χ1n) is 9.52. The third-order valence-corrected chi connectivity index (χ3v) is 6.32. The summed E-state index contributed by atoms with van der Waals surface area (Å²) in [5.74, 6) is -0.00267. The summed E-state index contributed by atoms with van der Waals surface area (Å²) in [4.78, 5) is 30.7. The maximum Gasteiger partial charge on any atom is 0.266 e. The number of carbonyl (C=O) groups is 2. The van der Waals surface area contributed by atoms with Crippen molar-refractivity contribution in [1.29, 1.82) is 0 Å². The molecule has 0 aromatic heterocycles. The number of rotatable bonds is 5. The summed E-state index contributed by atoms with van der Waals surface area (Å²) in [6.45, 7) is 5.84. The third-order valence-electron chi connectivity index (χ3n) is 4.95. The van der Waals surface area contributed by atoms with Gasteiger partial charge >= 0.3 is 0 Å². The fourth-order valence-corrected chi connectivity index (χ4v) is 4.62. The number of piperazine rings is 1. The maximum atomic E-state index is 12.7. The summed E-state index contributed by atoms with van der Waals surface area (Å²) in [6, 6.07) is 9.99. The average Bonchev–Trinajstić information content (AvgIpc) is 2.94. The number of hydrogen-bond donors (Lipinski definition) is 1. The smallest absolute Gasteiger partial charge is 0.266 e. The van der Waals surface area contributed by atoms with Gasteiger partial charge in [-0.3, -0.25) is 14.5 Å². The molecule has 1 N–H and O–H groups in total. The summed E-state index contributed by atoms with van der Waals surface area (Å²) < 4.78 is 0.527. The van der Waals surface area contributed by atoms with E-state index >= 15 is 0 Å². The zero-order valence-electron chi connectivity index (χ0n) is 16.3. The Balaban J connectivity index is 1.59. The van der Waals surface area contributed by atoms with Crippen molar-refractivity contribution >= 4 is 46.2 Å². The van der Waals surface area contributed by atoms with Crippen LogP contribution in [-0.2, 0) is 9.59 Å². The van der Waals surface area contributed by atoms with E-state index in [0.29, 0.717) is 22.2 Å². The van der Waals surface area contributed by atoms with E-state index in [-0.39, 0.29) is 11.8 Å². The molecule has 1 aromatic rings. The molecule has 2 aliphatic rings. The number of thiocarbonyl (C=S) groups is 1. The molecule has 7 heteroatoms. The summed E-state index contributed by atoms with van der Waals surface area (Å²) in [5.41, 5.74) is 2.08. The minimum Gasteiger partial charge on any atom is -0.334 e. The van der Waals surface area contributed by atoms with Crippen molar-refractivity contribution in [2.24, 2.45) is 0 Å². The molecule has 0 saturated carbocycles. The number of hydrogen-bond acceptors (Lipinski definition) is 4. The van der Waals surface area contributed by atoms with Gasteiger partial charge in [0.2, 0.25) is 5.91 Å². The van der Waals surface area contributed by atoms with E-state index < -0.39 is 0 Å². The zero-order valence-corrected chi connectivity index (χ0v) is 17.9. The minimum absolute atomic E-state index is 0.102. The van der Waals surface area contributed by atoms with Crippen molar-refractivity contribution < 1.29 is 14.5 Å². The fourth-order valence-electron chi connectivity index (χ4n) is 3.26. The molecule has 5 nitrogen and oxygen atoms in total. The predicted molar refractivity (Wildman–Crippen MR) is 118 cm³/mol. The van der Waals surface area contributed by atoms with Gasteiger partial charge in [0.25, 0.3) is 5.91 Å². The van der Waals surface area contributed by atoms with E-state index in [4.69, 9.17) is 12.2 Å². The lowest BCUT2D eigenvalue weighted by atomic mass is 10.1. The van der Waals surface area contributed by atoms with Crippen LogP contribution in [0.15, 0.2) is 46.9 Å². The van der Waals surface area contributed by atoms with E-state index in [1.54, 1.807) is 4.90 Å². The normalized spacial score (nSPS) is 20.4. The van der Waals surface area contributed by atoms with Gasteiger partial charge in [-0.1, -0.05) is 60.4 Å². The second-order valence-corrected chi connectivity index (χ2v) is 8.90. The molecule has 2 aliphatic heterocycles. The number of thioether (sulfide) groups is 1. The van der Waals surface area contributed by atoms with Gasteiger partial charge in [0.1, 0.15) is 4.32 Å². The van der Waals surface area contributed by atoms with Crippen molar-refractivity contribution in [3.63, 3.8) is 0 Å². The third kappa shape index (κ3) is 5.31. The Morgan fingerprint density at radius 3 is 2.61 bits per heavy atom. The first kappa shape index (κ1) is 20.8. The Kier molecular flexibility index (Phi) is 7.04. The molecule has 2 saturated heterocycles. The van der Waals surface area contributed by atoms with E-state index in [2.05, 4.69) is 7.05 Å². The van der Waals surface area contributed by atoms with Crippen LogP contribution in [0.1, 0.15) is 18.9 Å². The Morgan fingerprint density at radius 1 is 1.25 bits per heavy atom. The van der Waals surface area contributed by atoms with Gasteiger partial charge in [0, 0.05) is 13.0 Å². The van der Waals surface area contributed by atoms with Gasteiger partial charge in [0.15, 0.2) is 0 Å². The molecule has 3 rings (SSSR count). The number of amides is 2. The quantitative estimate of drug-likeness (QED) is 0.585. The van der Waals surface area contributed by atoms with Crippen molar-refractivity contribution in [1.82, 2.24) is 9.80 Å². The SMILES string of the molecule is CC(/C=C1\SC(=S)N(CCC(=O)N2CC[NH+](C)CC2)C1=O)=C\c1ccccc1. The van der Waals surface area contributed by atoms with Crippen LogP contribution in [-0.4, -0.2) is 65.7 Å². The Morgan fingerprint density at radius 2 is 1.93 bits per heavy atom. The molecular weight excluding hydrogens is 390 g/mol. The molecule has 2 fully saturated rings. The lowest BCUT2D eigenvalue weighted by molar-refractivity contribution is -0.883. The van der Waals surface area contributed by atoms with Gasteiger partial charge < -0.3 is 9.80 Å². The van der Waals surface area contributed by atoms with E-state index in [1.165, 1.54) is 16.7 Å². The van der Waals surface area contributed by atoms with E-state index in [0.717, 1.165) is 37.3 Å². The van der Waals surface area contributed by atoms with Gasteiger partial charge in [-0.15, -0.1) is 0 Å². The van der Waals surface area contributed by atoms with Crippen LogP contribution in [0.25, 0.3) is 6.08 Å². The molecule has 2 heterocycles. The van der Waals surface area contributed by atoms with Crippen LogP contribution < -0.4 is 4.90 Å². The van der Waals surface area contributed by atoms with Crippen molar-refractivity contribution in [2.75, 3.05) is 39.8 Å². The molecule has 0 radical (unpaired) electrons. The Bertz CT molecular complexity index is 812. The van der Waals surface area contributed by atoms with E-state index in [1.807, 2.05) is 54.3 Å². The molecule has 0 spiro atoms. The van der Waals surface area contributed by atoms with Crippen LogP contribution in [0.5, 0.6) is 0 Å². The highest BCUT2D eigenvalue weighted by atomic mass is 32.2. The highest BCUT2D eigenvalue weighted by molar-refractivity contribution is 8.26. The standard InChI is InChI=1S/C21H25N3O2S2/c1-16(14-17-6-4-3-5-7-17)15-18-20(26)24(21(27)28-18)9-8-19(25)23-12-10-22(2)11-13-23/h3-7,14-15H,8-13H2,1-2H3/p+1/b16-14+,18-15-. The van der Waals surface area contributed by atoms with Gasteiger partial charge in [-0.2, -0.15) is 0 Å².